The zero-order chi connectivity index (χ0) is 17.8. The second-order valence-corrected chi connectivity index (χ2v) is 7.44. The average Bonchev–Trinajstić information content (AvgIpc) is 3.11. The van der Waals surface area contributed by atoms with Crippen molar-refractivity contribution >= 4 is 29.7 Å². The van der Waals surface area contributed by atoms with Gasteiger partial charge in [0.25, 0.3) is 5.91 Å². The number of nitrogens with one attached hydrogen (secondary N) is 1. The molecule has 1 aromatic heterocycles. The van der Waals surface area contributed by atoms with Gasteiger partial charge >= 0.3 is 0 Å². The molecular formula is C19H26ClN3O2S. The number of piperidine rings is 1. The average molecular weight is 396 g/mol. The molecule has 0 saturated carbocycles. The van der Waals surface area contributed by atoms with E-state index < -0.39 is 0 Å². The van der Waals surface area contributed by atoms with Crippen molar-refractivity contribution in [2.75, 3.05) is 20.1 Å². The molecule has 0 radical (unpaired) electrons. The maximum Gasteiger partial charge on any atom is 0.273 e. The third-order valence-electron chi connectivity index (χ3n) is 4.39. The first-order valence-electron chi connectivity index (χ1n) is 8.76. The summed E-state index contributed by atoms with van der Waals surface area (Å²) in [6, 6.07) is 8.38. The second-order valence-electron chi connectivity index (χ2n) is 6.58. The Hall–Kier alpha value is -1.63. The molecule has 1 amide bonds. The first-order valence-corrected chi connectivity index (χ1v) is 9.64. The fourth-order valence-electron chi connectivity index (χ4n) is 2.99. The summed E-state index contributed by atoms with van der Waals surface area (Å²) >= 11 is 1.51. The number of benzene rings is 1. The molecule has 0 aliphatic carbocycles. The summed E-state index contributed by atoms with van der Waals surface area (Å²) in [7, 11) is 1.98. The van der Waals surface area contributed by atoms with E-state index >= 15 is 0 Å². The van der Waals surface area contributed by atoms with Crippen LogP contribution in [0.4, 0.5) is 0 Å². The van der Waals surface area contributed by atoms with Gasteiger partial charge in [-0.15, -0.1) is 23.7 Å². The summed E-state index contributed by atoms with van der Waals surface area (Å²) in [6.45, 7) is 5.59. The van der Waals surface area contributed by atoms with Crippen LogP contribution in [0.2, 0.25) is 0 Å². The predicted octanol–water partition coefficient (Wildman–Crippen LogP) is 3.84. The summed E-state index contributed by atoms with van der Waals surface area (Å²) in [4.78, 5) is 19.1. The van der Waals surface area contributed by atoms with Crippen LogP contribution in [0.25, 0.3) is 10.6 Å². The third-order valence-corrected chi connectivity index (χ3v) is 5.28. The van der Waals surface area contributed by atoms with Crippen LogP contribution >= 0.6 is 23.7 Å². The van der Waals surface area contributed by atoms with Crippen molar-refractivity contribution in [3.63, 3.8) is 0 Å². The number of likely N-dealkylation sites (tertiary alicyclic amines) is 1. The van der Waals surface area contributed by atoms with Crippen molar-refractivity contribution in [3.05, 3.63) is 35.3 Å². The summed E-state index contributed by atoms with van der Waals surface area (Å²) in [6.07, 6.45) is 2.15. The highest BCUT2D eigenvalue weighted by molar-refractivity contribution is 7.13. The van der Waals surface area contributed by atoms with Crippen LogP contribution in [0.5, 0.6) is 5.75 Å². The maximum absolute atomic E-state index is 12.6. The zero-order valence-electron chi connectivity index (χ0n) is 15.4. The lowest BCUT2D eigenvalue weighted by atomic mass is 10.1. The minimum Gasteiger partial charge on any atom is -0.491 e. The van der Waals surface area contributed by atoms with Gasteiger partial charge in [0.1, 0.15) is 16.5 Å². The van der Waals surface area contributed by atoms with Gasteiger partial charge in [0.15, 0.2) is 0 Å². The molecule has 3 rings (SSSR count). The molecule has 1 saturated heterocycles. The van der Waals surface area contributed by atoms with E-state index in [1.807, 2.05) is 55.4 Å². The number of halogens is 1. The van der Waals surface area contributed by atoms with Gasteiger partial charge in [0, 0.05) is 30.1 Å². The van der Waals surface area contributed by atoms with Crippen LogP contribution in [0.15, 0.2) is 29.6 Å². The molecule has 1 N–H and O–H groups in total. The molecular weight excluding hydrogens is 370 g/mol. The molecule has 7 heteroatoms. The van der Waals surface area contributed by atoms with E-state index in [1.54, 1.807) is 0 Å². The Bertz CT molecular complexity index is 710. The lowest BCUT2D eigenvalue weighted by molar-refractivity contribution is 0.0702. The summed E-state index contributed by atoms with van der Waals surface area (Å²) in [5, 5.41) is 6.01. The minimum atomic E-state index is 0. The minimum absolute atomic E-state index is 0. The molecule has 142 valence electrons. The predicted molar refractivity (Wildman–Crippen MR) is 109 cm³/mol. The molecule has 2 aromatic rings. The first kappa shape index (κ1) is 20.7. The lowest BCUT2D eigenvalue weighted by Gasteiger charge is -2.31. The van der Waals surface area contributed by atoms with Gasteiger partial charge in [-0.2, -0.15) is 0 Å². The lowest BCUT2D eigenvalue weighted by Crippen LogP contribution is -2.44. The van der Waals surface area contributed by atoms with Crippen molar-refractivity contribution in [3.8, 4) is 16.3 Å². The van der Waals surface area contributed by atoms with E-state index in [1.165, 1.54) is 11.3 Å². The summed E-state index contributed by atoms with van der Waals surface area (Å²) < 4.78 is 5.66. The number of ether oxygens (including phenoxy) is 1. The molecule has 0 spiro atoms. The number of thiazole rings is 1. The molecule has 5 nitrogen and oxygen atoms in total. The SMILES string of the molecule is CNC1CCN(C(=O)c2csc(-c3ccc(OC(C)C)cc3)n2)CC1.Cl. The Balaban J connectivity index is 0.00000243. The van der Waals surface area contributed by atoms with E-state index in [9.17, 15) is 4.79 Å². The largest absolute Gasteiger partial charge is 0.491 e. The van der Waals surface area contributed by atoms with E-state index in [-0.39, 0.29) is 24.4 Å². The van der Waals surface area contributed by atoms with Crippen LogP contribution in [0.3, 0.4) is 0 Å². The fraction of sp³-hybridized carbons (Fsp3) is 0.474. The van der Waals surface area contributed by atoms with E-state index in [0.29, 0.717) is 11.7 Å². The van der Waals surface area contributed by atoms with Gasteiger partial charge in [0.2, 0.25) is 0 Å². The van der Waals surface area contributed by atoms with Gasteiger partial charge in [0.05, 0.1) is 6.10 Å². The highest BCUT2D eigenvalue weighted by Crippen LogP contribution is 2.27. The van der Waals surface area contributed by atoms with Crippen LogP contribution in [-0.2, 0) is 0 Å². The number of nitrogens with zero attached hydrogens (tertiary/aromatic N) is 2. The Morgan fingerprint density at radius 3 is 2.50 bits per heavy atom. The number of carbonyl (C=O) groups excluding carboxylic acids is 1. The zero-order valence-corrected chi connectivity index (χ0v) is 17.0. The maximum atomic E-state index is 12.6. The van der Waals surface area contributed by atoms with Crippen molar-refractivity contribution in [2.45, 2.75) is 38.8 Å². The molecule has 2 heterocycles. The highest BCUT2D eigenvalue weighted by atomic mass is 35.5. The summed E-state index contributed by atoms with van der Waals surface area (Å²) in [5.41, 5.74) is 1.56. The molecule has 1 aliphatic heterocycles. The quantitative estimate of drug-likeness (QED) is 0.835. The smallest absolute Gasteiger partial charge is 0.273 e. The van der Waals surface area contributed by atoms with E-state index in [2.05, 4.69) is 10.3 Å². The van der Waals surface area contributed by atoms with Gasteiger partial charge in [-0.3, -0.25) is 4.79 Å². The number of hydrogen-bond donors (Lipinski definition) is 1. The monoisotopic (exact) mass is 395 g/mol. The van der Waals surface area contributed by atoms with E-state index in [4.69, 9.17) is 4.74 Å². The van der Waals surface area contributed by atoms with Crippen LogP contribution in [0.1, 0.15) is 37.2 Å². The molecule has 0 bridgehead atoms. The van der Waals surface area contributed by atoms with Crippen LogP contribution in [0, 0.1) is 0 Å². The number of aromatic nitrogens is 1. The summed E-state index contributed by atoms with van der Waals surface area (Å²) in [5.74, 6) is 0.885. The molecule has 0 atom stereocenters. The van der Waals surface area contributed by atoms with E-state index in [0.717, 1.165) is 42.3 Å². The Morgan fingerprint density at radius 2 is 1.92 bits per heavy atom. The normalized spacial score (nSPS) is 15.0. The van der Waals surface area contributed by atoms with Gasteiger partial charge < -0.3 is 15.0 Å². The highest BCUT2D eigenvalue weighted by Gasteiger charge is 2.24. The number of hydrogen-bond acceptors (Lipinski definition) is 5. The molecule has 1 aliphatic rings. The Labute approximate surface area is 165 Å². The molecule has 1 aromatic carbocycles. The number of carbonyl (C=O) groups is 1. The molecule has 0 unspecified atom stereocenters. The van der Waals surface area contributed by atoms with Gasteiger partial charge in [-0.25, -0.2) is 4.98 Å². The van der Waals surface area contributed by atoms with Crippen molar-refractivity contribution in [2.24, 2.45) is 0 Å². The standard InChI is InChI=1S/C19H25N3O2S.ClH/c1-13(2)24-16-6-4-14(5-7-16)18-21-17(12-25-18)19(23)22-10-8-15(20-3)9-11-22;/h4-7,12-13,15,20H,8-11H2,1-3H3;1H. The van der Waals surface area contributed by atoms with Crippen LogP contribution in [-0.4, -0.2) is 48.1 Å². The van der Waals surface area contributed by atoms with Crippen LogP contribution < -0.4 is 10.1 Å². The van der Waals surface area contributed by atoms with Crippen molar-refractivity contribution in [1.82, 2.24) is 15.2 Å². The van der Waals surface area contributed by atoms with Crippen molar-refractivity contribution < 1.29 is 9.53 Å². The number of rotatable bonds is 5. The van der Waals surface area contributed by atoms with Gasteiger partial charge in [-0.1, -0.05) is 0 Å². The second kappa shape index (κ2) is 9.35. The Morgan fingerprint density at radius 1 is 1.27 bits per heavy atom. The topological polar surface area (TPSA) is 54.5 Å². The third kappa shape index (κ3) is 4.96. The number of amides is 1. The molecule has 1 fully saturated rings. The molecule has 26 heavy (non-hydrogen) atoms. The van der Waals surface area contributed by atoms with Gasteiger partial charge in [-0.05, 0) is 58.0 Å². The first-order chi connectivity index (χ1) is 12.1. The Kier molecular flexibility index (Phi) is 7.43. The van der Waals surface area contributed by atoms with Crippen molar-refractivity contribution in [1.29, 1.82) is 0 Å². The fourth-order valence-corrected chi connectivity index (χ4v) is 3.79.